The third kappa shape index (κ3) is 6.49. The highest BCUT2D eigenvalue weighted by Crippen LogP contribution is 2.33. The van der Waals surface area contributed by atoms with Crippen LogP contribution in [0.25, 0.3) is 28.6 Å². The Morgan fingerprint density at radius 3 is 2.03 bits per heavy atom. The molecule has 0 bridgehead atoms. The molecule has 34 heavy (non-hydrogen) atoms. The van der Waals surface area contributed by atoms with E-state index in [0.29, 0.717) is 40.5 Å². The highest BCUT2D eigenvalue weighted by molar-refractivity contribution is 5.89. The van der Waals surface area contributed by atoms with Gasteiger partial charge >= 0.3 is 0 Å². The van der Waals surface area contributed by atoms with E-state index in [-0.39, 0.29) is 23.4 Å². The van der Waals surface area contributed by atoms with Gasteiger partial charge < -0.3 is 10.2 Å². The van der Waals surface area contributed by atoms with E-state index in [0.717, 1.165) is 0 Å². The van der Waals surface area contributed by atoms with Crippen LogP contribution in [-0.4, -0.2) is 48.1 Å². The molecule has 0 fully saturated rings. The Morgan fingerprint density at radius 2 is 1.53 bits per heavy atom. The fourth-order valence-electron chi connectivity index (χ4n) is 3.12. The minimum absolute atomic E-state index is 0.238. The number of nitrogens with one attached hydrogen (secondary N) is 1. The van der Waals surface area contributed by atoms with E-state index in [1.54, 1.807) is 43.3 Å². The highest BCUT2D eigenvalue weighted by Gasteiger charge is 2.16. The standard InChI is InChI=1S/C26H25F2N5O/c1-17(30-23(34)6-5-15-33(3)4)16-22-26(29-2)32-25(19-9-13-21(28)14-10-19)24(31-22)18-7-11-20(27)12-8-18/h5-14,16H,2,15H2,1,3-4H3,(H,30,34)/b6-5+,17-16+. The molecule has 0 aliphatic carbocycles. The van der Waals surface area contributed by atoms with Crippen LogP contribution in [0.1, 0.15) is 12.6 Å². The van der Waals surface area contributed by atoms with Crippen LogP contribution in [0, 0.1) is 11.6 Å². The van der Waals surface area contributed by atoms with Crippen molar-refractivity contribution < 1.29 is 13.6 Å². The Bertz CT molecular complexity index is 1230. The Morgan fingerprint density at radius 1 is 1.00 bits per heavy atom. The third-order valence-electron chi connectivity index (χ3n) is 4.70. The number of amides is 1. The van der Waals surface area contributed by atoms with Crippen molar-refractivity contribution >= 4 is 24.5 Å². The monoisotopic (exact) mass is 461 g/mol. The number of carbonyl (C=O) groups excluding carboxylic acids is 1. The molecule has 0 saturated carbocycles. The van der Waals surface area contributed by atoms with E-state index < -0.39 is 0 Å². The van der Waals surface area contributed by atoms with Crippen LogP contribution >= 0.6 is 0 Å². The van der Waals surface area contributed by atoms with Crippen LogP contribution in [0.2, 0.25) is 0 Å². The van der Waals surface area contributed by atoms with E-state index in [1.165, 1.54) is 30.3 Å². The fraction of sp³-hybridized carbons (Fsp3) is 0.154. The summed E-state index contributed by atoms with van der Waals surface area (Å²) in [6.07, 6.45) is 4.84. The zero-order valence-electron chi connectivity index (χ0n) is 19.2. The summed E-state index contributed by atoms with van der Waals surface area (Å²) in [5.41, 5.74) is 3.03. The first-order valence-corrected chi connectivity index (χ1v) is 10.5. The number of aliphatic imine (C=N–C) groups is 1. The van der Waals surface area contributed by atoms with E-state index in [9.17, 15) is 13.6 Å². The molecule has 0 unspecified atom stereocenters. The number of rotatable bonds is 8. The van der Waals surface area contributed by atoms with Crippen LogP contribution in [0.3, 0.4) is 0 Å². The zero-order chi connectivity index (χ0) is 24.7. The number of likely N-dealkylation sites (N-methyl/N-ethyl adjacent to an activating group) is 1. The molecule has 3 rings (SSSR count). The lowest BCUT2D eigenvalue weighted by atomic mass is 10.0. The van der Waals surface area contributed by atoms with Gasteiger partial charge in [0.15, 0.2) is 5.82 Å². The van der Waals surface area contributed by atoms with Gasteiger partial charge in [-0.25, -0.2) is 23.7 Å². The number of hydrogen-bond acceptors (Lipinski definition) is 5. The lowest BCUT2D eigenvalue weighted by molar-refractivity contribution is -0.115. The molecule has 174 valence electrons. The summed E-state index contributed by atoms with van der Waals surface area (Å²) in [5.74, 6) is -0.807. The first-order chi connectivity index (χ1) is 16.3. The molecular formula is C26H25F2N5O. The predicted octanol–water partition coefficient (Wildman–Crippen LogP) is 5.02. The Kier molecular flexibility index (Phi) is 8.10. The fourth-order valence-corrected chi connectivity index (χ4v) is 3.12. The summed E-state index contributed by atoms with van der Waals surface area (Å²) in [7, 11) is 3.81. The number of halogens is 2. The molecule has 0 aliphatic heterocycles. The zero-order valence-corrected chi connectivity index (χ0v) is 19.2. The molecule has 0 spiro atoms. The molecule has 8 heteroatoms. The molecule has 0 aliphatic rings. The minimum atomic E-state index is -0.384. The van der Waals surface area contributed by atoms with Crippen molar-refractivity contribution in [2.45, 2.75) is 6.92 Å². The highest BCUT2D eigenvalue weighted by atomic mass is 19.1. The maximum absolute atomic E-state index is 13.5. The average molecular weight is 462 g/mol. The number of hydrogen-bond donors (Lipinski definition) is 1. The lowest BCUT2D eigenvalue weighted by Gasteiger charge is -2.12. The van der Waals surface area contributed by atoms with Crippen molar-refractivity contribution in [3.8, 4) is 22.5 Å². The summed E-state index contributed by atoms with van der Waals surface area (Å²) in [6, 6.07) is 11.6. The van der Waals surface area contributed by atoms with Gasteiger partial charge in [-0.1, -0.05) is 6.08 Å². The van der Waals surface area contributed by atoms with E-state index in [1.807, 2.05) is 19.0 Å². The van der Waals surface area contributed by atoms with Crippen LogP contribution in [0.15, 0.2) is 71.4 Å². The van der Waals surface area contributed by atoms with Crippen molar-refractivity contribution in [3.63, 3.8) is 0 Å². The molecular weight excluding hydrogens is 436 g/mol. The Hall–Kier alpha value is -4.04. The molecule has 1 heterocycles. The quantitative estimate of drug-likeness (QED) is 0.378. The first kappa shape index (κ1) is 24.6. The molecule has 1 aromatic heterocycles. The largest absolute Gasteiger partial charge is 0.326 e. The molecule has 3 aromatic rings. The van der Waals surface area contributed by atoms with E-state index >= 15 is 0 Å². The van der Waals surface area contributed by atoms with Gasteiger partial charge in [-0.3, -0.25) is 4.79 Å². The molecule has 1 N–H and O–H groups in total. The molecule has 2 aromatic carbocycles. The molecule has 0 atom stereocenters. The topological polar surface area (TPSA) is 70.5 Å². The lowest BCUT2D eigenvalue weighted by Crippen LogP contribution is -2.19. The minimum Gasteiger partial charge on any atom is -0.326 e. The second kappa shape index (κ2) is 11.2. The van der Waals surface area contributed by atoms with Gasteiger partial charge in [0.25, 0.3) is 0 Å². The number of allylic oxidation sites excluding steroid dienone is 1. The summed E-state index contributed by atoms with van der Waals surface area (Å²) in [4.78, 5) is 27.4. The van der Waals surface area contributed by atoms with Gasteiger partial charge in [-0.15, -0.1) is 0 Å². The number of benzene rings is 2. The molecule has 1 amide bonds. The van der Waals surface area contributed by atoms with Gasteiger partial charge in [-0.05, 0) is 82.3 Å². The van der Waals surface area contributed by atoms with Crippen LogP contribution in [0.4, 0.5) is 14.6 Å². The summed E-state index contributed by atoms with van der Waals surface area (Å²) in [6.45, 7) is 5.94. The summed E-state index contributed by atoms with van der Waals surface area (Å²) < 4.78 is 27.0. The number of carbonyl (C=O) groups is 1. The maximum atomic E-state index is 13.5. The third-order valence-corrected chi connectivity index (χ3v) is 4.70. The van der Waals surface area contributed by atoms with Crippen molar-refractivity contribution in [2.75, 3.05) is 20.6 Å². The van der Waals surface area contributed by atoms with Crippen LogP contribution < -0.4 is 5.32 Å². The SMILES string of the molecule is C=Nc1nc(-c2ccc(F)cc2)c(-c2ccc(F)cc2)nc1/C=C(\C)NC(=O)/C=C/CN(C)C. The number of nitrogens with zero attached hydrogens (tertiary/aromatic N) is 4. The van der Waals surface area contributed by atoms with Gasteiger partial charge in [0.05, 0.1) is 11.4 Å². The summed E-state index contributed by atoms with van der Waals surface area (Å²) >= 11 is 0. The molecule has 0 saturated heterocycles. The van der Waals surface area contributed by atoms with Crippen molar-refractivity contribution in [3.05, 3.63) is 83.7 Å². The Labute approximate surface area is 197 Å². The van der Waals surface area contributed by atoms with E-state index in [2.05, 4.69) is 22.0 Å². The number of aromatic nitrogens is 2. The molecule has 0 radical (unpaired) electrons. The van der Waals surface area contributed by atoms with Gasteiger partial charge in [-0.2, -0.15) is 0 Å². The smallest absolute Gasteiger partial charge is 0.247 e. The van der Waals surface area contributed by atoms with Crippen LogP contribution in [-0.2, 0) is 4.79 Å². The first-order valence-electron chi connectivity index (χ1n) is 10.5. The second-order valence-corrected chi connectivity index (χ2v) is 7.78. The normalized spacial score (nSPS) is 11.8. The van der Waals surface area contributed by atoms with Crippen LogP contribution in [0.5, 0.6) is 0 Å². The van der Waals surface area contributed by atoms with E-state index in [4.69, 9.17) is 4.98 Å². The average Bonchev–Trinajstić information content (AvgIpc) is 2.79. The van der Waals surface area contributed by atoms with Gasteiger partial charge in [0.1, 0.15) is 17.3 Å². The maximum Gasteiger partial charge on any atom is 0.247 e. The van der Waals surface area contributed by atoms with Crippen molar-refractivity contribution in [1.82, 2.24) is 20.2 Å². The van der Waals surface area contributed by atoms with Crippen molar-refractivity contribution in [2.24, 2.45) is 4.99 Å². The van der Waals surface area contributed by atoms with Gasteiger partial charge in [0, 0.05) is 29.4 Å². The molecule has 6 nitrogen and oxygen atoms in total. The second-order valence-electron chi connectivity index (χ2n) is 7.78. The van der Waals surface area contributed by atoms with Gasteiger partial charge in [0.2, 0.25) is 5.91 Å². The Balaban J connectivity index is 2.05. The summed E-state index contributed by atoms with van der Waals surface area (Å²) in [5, 5.41) is 2.77. The predicted molar refractivity (Wildman–Crippen MR) is 132 cm³/mol. The van der Waals surface area contributed by atoms with Crippen molar-refractivity contribution in [1.29, 1.82) is 0 Å².